The van der Waals surface area contributed by atoms with Gasteiger partial charge in [0.15, 0.2) is 0 Å². The van der Waals surface area contributed by atoms with E-state index >= 15 is 0 Å². The highest BCUT2D eigenvalue weighted by atomic mass is 16.5. The smallest absolute Gasteiger partial charge is 0.310 e. The topological polar surface area (TPSA) is 52.6 Å². The maximum Gasteiger partial charge on any atom is 0.310 e. The lowest BCUT2D eigenvalue weighted by atomic mass is 9.83. The third-order valence-corrected chi connectivity index (χ3v) is 6.27. The van der Waals surface area contributed by atoms with E-state index in [9.17, 15) is 9.59 Å². The summed E-state index contributed by atoms with van der Waals surface area (Å²) in [6, 6.07) is 0. The van der Waals surface area contributed by atoms with Gasteiger partial charge in [0.25, 0.3) is 0 Å². The van der Waals surface area contributed by atoms with Crippen molar-refractivity contribution in [3.05, 3.63) is 12.2 Å². The fourth-order valence-corrected chi connectivity index (χ4v) is 4.19. The predicted octanol–water partition coefficient (Wildman–Crippen LogP) is 7.55. The van der Waals surface area contributed by atoms with E-state index in [0.717, 1.165) is 25.7 Å². The Morgan fingerprint density at radius 3 is 1.26 bits per heavy atom. The van der Waals surface area contributed by atoms with Crippen molar-refractivity contribution in [3.63, 3.8) is 0 Å². The number of hydrogen-bond donors (Lipinski definition) is 0. The van der Waals surface area contributed by atoms with Gasteiger partial charge in [-0.2, -0.15) is 0 Å². The second-order valence-electron chi connectivity index (χ2n) is 9.09. The number of carbonyl (C=O) groups is 2. The van der Waals surface area contributed by atoms with Crippen molar-refractivity contribution in [2.45, 2.75) is 123 Å². The summed E-state index contributed by atoms with van der Waals surface area (Å²) in [5.74, 6) is -1.24. The average molecular weight is 437 g/mol. The summed E-state index contributed by atoms with van der Waals surface area (Å²) >= 11 is 0. The van der Waals surface area contributed by atoms with Crippen LogP contribution in [0, 0.1) is 11.8 Å². The van der Waals surface area contributed by atoms with E-state index in [1.807, 2.05) is 12.2 Å². The lowest BCUT2D eigenvalue weighted by molar-refractivity contribution is -0.161. The van der Waals surface area contributed by atoms with Crippen molar-refractivity contribution < 1.29 is 19.1 Å². The third-order valence-electron chi connectivity index (χ3n) is 6.27. The highest BCUT2D eigenvalue weighted by Crippen LogP contribution is 2.28. The van der Waals surface area contributed by atoms with Gasteiger partial charge < -0.3 is 9.47 Å². The molecule has 4 nitrogen and oxygen atoms in total. The molecule has 0 aromatic heterocycles. The van der Waals surface area contributed by atoms with Crippen molar-refractivity contribution in [2.24, 2.45) is 11.8 Å². The zero-order valence-corrected chi connectivity index (χ0v) is 20.4. The van der Waals surface area contributed by atoms with Crippen LogP contribution in [0.3, 0.4) is 0 Å². The van der Waals surface area contributed by atoms with Gasteiger partial charge >= 0.3 is 11.9 Å². The Kier molecular flexibility index (Phi) is 17.3. The van der Waals surface area contributed by atoms with E-state index in [4.69, 9.17) is 9.47 Å². The van der Waals surface area contributed by atoms with Crippen LogP contribution in [-0.2, 0) is 19.1 Å². The molecule has 180 valence electrons. The minimum absolute atomic E-state index is 0.231. The Bertz CT molecular complexity index is 486. The lowest BCUT2D eigenvalue weighted by Gasteiger charge is -2.25. The van der Waals surface area contributed by atoms with E-state index in [0.29, 0.717) is 26.1 Å². The lowest BCUT2D eigenvalue weighted by Crippen LogP contribution is -2.34. The van der Waals surface area contributed by atoms with Crippen molar-refractivity contribution in [2.75, 3.05) is 13.2 Å². The second-order valence-corrected chi connectivity index (χ2v) is 9.09. The number of allylic oxidation sites excluding steroid dienone is 2. The first-order chi connectivity index (χ1) is 15.2. The molecule has 0 spiro atoms. The van der Waals surface area contributed by atoms with Crippen molar-refractivity contribution >= 4 is 11.9 Å². The second kappa shape index (κ2) is 19.4. The largest absolute Gasteiger partial charge is 0.465 e. The molecule has 2 atom stereocenters. The molecule has 1 rings (SSSR count). The Hall–Kier alpha value is -1.32. The van der Waals surface area contributed by atoms with Gasteiger partial charge in [-0.05, 0) is 25.7 Å². The molecule has 0 aliphatic heterocycles. The molecule has 4 heteroatoms. The highest BCUT2D eigenvalue weighted by molar-refractivity contribution is 5.82. The van der Waals surface area contributed by atoms with Crippen LogP contribution >= 0.6 is 0 Å². The van der Waals surface area contributed by atoms with Gasteiger partial charge in [0.1, 0.15) is 0 Å². The minimum Gasteiger partial charge on any atom is -0.465 e. The quantitative estimate of drug-likeness (QED) is 0.119. The molecule has 0 N–H and O–H groups in total. The Balaban J connectivity index is 2.16. The first-order valence-electron chi connectivity index (χ1n) is 13.2. The van der Waals surface area contributed by atoms with Crippen LogP contribution in [0.2, 0.25) is 0 Å². The molecule has 31 heavy (non-hydrogen) atoms. The fourth-order valence-electron chi connectivity index (χ4n) is 4.19. The molecule has 0 saturated heterocycles. The van der Waals surface area contributed by atoms with E-state index < -0.39 is 0 Å². The molecule has 1 aliphatic carbocycles. The Labute approximate surface area is 191 Å². The summed E-state index contributed by atoms with van der Waals surface area (Å²) in [5.41, 5.74) is 0. The molecule has 0 heterocycles. The van der Waals surface area contributed by atoms with E-state index in [1.165, 1.54) is 70.6 Å². The van der Waals surface area contributed by atoms with Crippen molar-refractivity contribution in [3.8, 4) is 0 Å². The van der Waals surface area contributed by atoms with Crippen molar-refractivity contribution in [1.82, 2.24) is 0 Å². The number of carbonyl (C=O) groups excluding carboxylic acids is 2. The molecular weight excluding hydrogens is 388 g/mol. The molecule has 2 unspecified atom stereocenters. The summed E-state index contributed by atoms with van der Waals surface area (Å²) in [7, 11) is 0. The first-order valence-corrected chi connectivity index (χ1v) is 13.2. The molecule has 0 bridgehead atoms. The van der Waals surface area contributed by atoms with E-state index in [1.54, 1.807) is 0 Å². The Morgan fingerprint density at radius 1 is 0.581 bits per heavy atom. The number of unbranched alkanes of at least 4 members (excludes halogenated alkanes) is 13. The summed E-state index contributed by atoms with van der Waals surface area (Å²) in [5, 5.41) is 0. The SMILES string of the molecule is CCCCCCCCCCCOC(=O)C1CC=CCC1C(=O)OCCCCCCCC. The summed E-state index contributed by atoms with van der Waals surface area (Å²) in [6.45, 7) is 5.38. The summed E-state index contributed by atoms with van der Waals surface area (Å²) in [4.78, 5) is 25.1. The molecule has 0 radical (unpaired) electrons. The van der Waals surface area contributed by atoms with Crippen LogP contribution in [-0.4, -0.2) is 25.2 Å². The van der Waals surface area contributed by atoms with Gasteiger partial charge in [-0.1, -0.05) is 109 Å². The normalized spacial score (nSPS) is 18.1. The van der Waals surface area contributed by atoms with E-state index in [2.05, 4.69) is 13.8 Å². The zero-order chi connectivity index (χ0) is 22.6. The maximum atomic E-state index is 12.6. The number of hydrogen-bond acceptors (Lipinski definition) is 4. The molecule has 0 aromatic rings. The van der Waals surface area contributed by atoms with Crippen LogP contribution in [0.4, 0.5) is 0 Å². The van der Waals surface area contributed by atoms with Crippen molar-refractivity contribution in [1.29, 1.82) is 0 Å². The highest BCUT2D eigenvalue weighted by Gasteiger charge is 2.36. The zero-order valence-electron chi connectivity index (χ0n) is 20.4. The van der Waals surface area contributed by atoms with Crippen LogP contribution < -0.4 is 0 Å². The fraction of sp³-hybridized carbons (Fsp3) is 0.852. The monoisotopic (exact) mass is 436 g/mol. The molecule has 0 amide bonds. The van der Waals surface area contributed by atoms with Gasteiger partial charge in [0, 0.05) is 0 Å². The Morgan fingerprint density at radius 2 is 0.903 bits per heavy atom. The first kappa shape index (κ1) is 27.7. The van der Waals surface area contributed by atoms with Crippen LogP contribution in [0.15, 0.2) is 12.2 Å². The van der Waals surface area contributed by atoms with Gasteiger partial charge in [-0.15, -0.1) is 0 Å². The number of esters is 2. The van der Waals surface area contributed by atoms with Gasteiger partial charge in [-0.25, -0.2) is 0 Å². The van der Waals surface area contributed by atoms with Gasteiger partial charge in [0.2, 0.25) is 0 Å². The number of rotatable bonds is 19. The van der Waals surface area contributed by atoms with Gasteiger partial charge in [-0.3, -0.25) is 9.59 Å². The molecule has 0 saturated carbocycles. The predicted molar refractivity (Wildman–Crippen MR) is 128 cm³/mol. The third kappa shape index (κ3) is 13.6. The van der Waals surface area contributed by atoms with Crippen LogP contribution in [0.1, 0.15) is 123 Å². The molecular formula is C27H48O4. The van der Waals surface area contributed by atoms with E-state index in [-0.39, 0.29) is 23.8 Å². The number of ether oxygens (including phenoxy) is 2. The molecule has 0 aromatic carbocycles. The van der Waals surface area contributed by atoms with Crippen LogP contribution in [0.25, 0.3) is 0 Å². The standard InChI is InChI=1S/C27H48O4/c1-3-5-7-9-11-12-13-15-19-23-31-27(29)25-21-17-16-20-24(25)26(28)30-22-18-14-10-8-6-4-2/h16-17,24-25H,3-15,18-23H2,1-2H3. The van der Waals surface area contributed by atoms with Gasteiger partial charge in [0.05, 0.1) is 25.0 Å². The summed E-state index contributed by atoms with van der Waals surface area (Å²) in [6.07, 6.45) is 23.3. The molecule has 1 aliphatic rings. The summed E-state index contributed by atoms with van der Waals surface area (Å²) < 4.78 is 11.0. The minimum atomic E-state index is -0.388. The molecule has 0 fully saturated rings. The van der Waals surface area contributed by atoms with Crippen LogP contribution in [0.5, 0.6) is 0 Å². The average Bonchev–Trinajstić information content (AvgIpc) is 2.79. The maximum absolute atomic E-state index is 12.6.